The molecule has 5 nitrogen and oxygen atoms in total. The van der Waals surface area contributed by atoms with Crippen LogP contribution in [0.25, 0.3) is 0 Å². The number of carbonyl (C=O) groups is 1. The summed E-state index contributed by atoms with van der Waals surface area (Å²) in [7, 11) is 2.04. The largest absolute Gasteiger partial charge is 0.480 e. The maximum Gasteiger partial charge on any atom is 0.323 e. The topological polar surface area (TPSA) is 61.8 Å². The molecule has 0 aromatic carbocycles. The zero-order valence-electron chi connectivity index (χ0n) is 11.9. The normalized spacial score (nSPS) is 23.6. The second-order valence-electron chi connectivity index (χ2n) is 5.68. The smallest absolute Gasteiger partial charge is 0.323 e. The van der Waals surface area contributed by atoms with Crippen LogP contribution in [0.5, 0.6) is 0 Å². The summed E-state index contributed by atoms with van der Waals surface area (Å²) in [6.45, 7) is 8.03. The molecule has 0 amide bonds. The molecular formula is C13H26N2O3. The molecule has 2 N–H and O–H groups in total. The minimum Gasteiger partial charge on any atom is -0.480 e. The van der Waals surface area contributed by atoms with E-state index in [1.54, 1.807) is 6.92 Å². The molecule has 1 aliphatic heterocycles. The first kappa shape index (κ1) is 15.4. The average molecular weight is 258 g/mol. The number of nitrogens with one attached hydrogen (secondary N) is 1. The maximum absolute atomic E-state index is 11.4. The van der Waals surface area contributed by atoms with Gasteiger partial charge >= 0.3 is 5.97 Å². The molecule has 5 heteroatoms. The summed E-state index contributed by atoms with van der Waals surface area (Å²) in [5.41, 5.74) is -0.859. The van der Waals surface area contributed by atoms with Gasteiger partial charge in [-0.05, 0) is 40.7 Å². The third-order valence-electron chi connectivity index (χ3n) is 3.57. The van der Waals surface area contributed by atoms with E-state index in [0.717, 1.165) is 26.2 Å². The lowest BCUT2D eigenvalue weighted by Gasteiger charge is -2.32. The Hall–Kier alpha value is -0.650. The molecule has 0 radical (unpaired) electrons. The number of hydrogen-bond acceptors (Lipinski definition) is 4. The highest BCUT2D eigenvalue weighted by atomic mass is 16.5. The van der Waals surface area contributed by atoms with Crippen LogP contribution >= 0.6 is 0 Å². The first-order valence-electron chi connectivity index (χ1n) is 6.64. The van der Waals surface area contributed by atoms with Gasteiger partial charge in [-0.2, -0.15) is 0 Å². The Labute approximate surface area is 109 Å². The fourth-order valence-corrected chi connectivity index (χ4v) is 2.33. The van der Waals surface area contributed by atoms with Crippen LogP contribution in [0.2, 0.25) is 0 Å². The number of aliphatic carboxylic acids is 1. The monoisotopic (exact) mass is 258 g/mol. The van der Waals surface area contributed by atoms with E-state index in [0.29, 0.717) is 12.5 Å². The summed E-state index contributed by atoms with van der Waals surface area (Å²) in [4.78, 5) is 13.6. The van der Waals surface area contributed by atoms with E-state index >= 15 is 0 Å². The predicted molar refractivity (Wildman–Crippen MR) is 70.8 cm³/mol. The van der Waals surface area contributed by atoms with E-state index in [9.17, 15) is 9.90 Å². The number of hydrogen-bond donors (Lipinski definition) is 2. The van der Waals surface area contributed by atoms with Gasteiger partial charge in [-0.3, -0.25) is 10.1 Å². The van der Waals surface area contributed by atoms with Crippen molar-refractivity contribution in [2.45, 2.75) is 51.2 Å². The van der Waals surface area contributed by atoms with E-state index in [2.05, 4.69) is 10.2 Å². The van der Waals surface area contributed by atoms with Crippen LogP contribution in [0.1, 0.15) is 33.6 Å². The first-order chi connectivity index (χ1) is 8.35. The van der Waals surface area contributed by atoms with Crippen LogP contribution in [0.3, 0.4) is 0 Å². The number of ether oxygens (including phenoxy) is 1. The summed E-state index contributed by atoms with van der Waals surface area (Å²) in [5, 5.41) is 12.5. The Morgan fingerprint density at radius 1 is 1.61 bits per heavy atom. The Bertz CT molecular complexity index is 277. The summed E-state index contributed by atoms with van der Waals surface area (Å²) in [5.74, 6) is -0.785. The zero-order valence-corrected chi connectivity index (χ0v) is 11.9. The Morgan fingerprint density at radius 3 is 2.72 bits per heavy atom. The third-order valence-corrected chi connectivity index (χ3v) is 3.57. The number of carboxylic acid groups (broad SMARTS) is 1. The molecule has 1 heterocycles. The SMILES string of the molecule is CC(C)NC(C)(CCN(C)C1CCOC1)C(=O)O. The highest BCUT2D eigenvalue weighted by molar-refractivity contribution is 5.78. The van der Waals surface area contributed by atoms with Gasteiger partial charge in [-0.15, -0.1) is 0 Å². The molecule has 0 aliphatic carbocycles. The number of rotatable bonds is 7. The maximum atomic E-state index is 11.4. The van der Waals surface area contributed by atoms with Gasteiger partial charge in [-0.25, -0.2) is 0 Å². The highest BCUT2D eigenvalue weighted by Crippen LogP contribution is 2.16. The number of carboxylic acids is 1. The lowest BCUT2D eigenvalue weighted by atomic mass is 9.96. The molecule has 1 rings (SSSR count). The van der Waals surface area contributed by atoms with Crippen LogP contribution < -0.4 is 5.32 Å². The van der Waals surface area contributed by atoms with Crippen LogP contribution in [0.4, 0.5) is 0 Å². The van der Waals surface area contributed by atoms with Crippen molar-refractivity contribution in [1.82, 2.24) is 10.2 Å². The molecule has 106 valence electrons. The zero-order chi connectivity index (χ0) is 13.8. The lowest BCUT2D eigenvalue weighted by molar-refractivity contribution is -0.145. The molecule has 2 unspecified atom stereocenters. The minimum absolute atomic E-state index is 0.159. The van der Waals surface area contributed by atoms with Crippen molar-refractivity contribution < 1.29 is 14.6 Å². The first-order valence-corrected chi connectivity index (χ1v) is 6.64. The number of likely N-dealkylation sites (N-methyl/N-ethyl adjacent to an activating group) is 1. The Kier molecular flexibility index (Phi) is 5.56. The van der Waals surface area contributed by atoms with Crippen molar-refractivity contribution in [2.75, 3.05) is 26.8 Å². The van der Waals surface area contributed by atoms with Crippen molar-refractivity contribution >= 4 is 5.97 Å². The van der Waals surface area contributed by atoms with Crippen LogP contribution in [-0.2, 0) is 9.53 Å². The van der Waals surface area contributed by atoms with E-state index in [4.69, 9.17) is 4.74 Å². The van der Waals surface area contributed by atoms with Crippen molar-refractivity contribution in [3.8, 4) is 0 Å². The molecule has 0 aromatic rings. The second-order valence-corrected chi connectivity index (χ2v) is 5.68. The molecule has 1 fully saturated rings. The molecular weight excluding hydrogens is 232 g/mol. The van der Waals surface area contributed by atoms with Crippen LogP contribution in [0.15, 0.2) is 0 Å². The molecule has 18 heavy (non-hydrogen) atoms. The molecule has 2 atom stereocenters. The molecule has 1 saturated heterocycles. The minimum atomic E-state index is -0.859. The summed E-state index contributed by atoms with van der Waals surface area (Å²) in [6, 6.07) is 0.591. The summed E-state index contributed by atoms with van der Waals surface area (Å²) >= 11 is 0. The quantitative estimate of drug-likeness (QED) is 0.711. The molecule has 0 spiro atoms. The van der Waals surface area contributed by atoms with E-state index < -0.39 is 11.5 Å². The van der Waals surface area contributed by atoms with Gasteiger partial charge in [0.05, 0.1) is 6.61 Å². The van der Waals surface area contributed by atoms with Gasteiger partial charge < -0.3 is 14.7 Å². The summed E-state index contributed by atoms with van der Waals surface area (Å²) < 4.78 is 5.35. The van der Waals surface area contributed by atoms with Gasteiger partial charge in [0, 0.05) is 25.2 Å². The Morgan fingerprint density at radius 2 is 2.28 bits per heavy atom. The van der Waals surface area contributed by atoms with Gasteiger partial charge in [-0.1, -0.05) is 0 Å². The van der Waals surface area contributed by atoms with Crippen LogP contribution in [-0.4, -0.2) is 60.4 Å². The molecule has 1 aliphatic rings. The third kappa shape index (κ3) is 4.23. The standard InChI is InChI=1S/C13H26N2O3/c1-10(2)14-13(3,12(16)17)6-7-15(4)11-5-8-18-9-11/h10-11,14H,5-9H2,1-4H3,(H,16,17). The van der Waals surface area contributed by atoms with Crippen molar-refractivity contribution in [3.63, 3.8) is 0 Å². The summed E-state index contributed by atoms with van der Waals surface area (Å²) in [6.07, 6.45) is 1.63. The molecule has 0 bridgehead atoms. The van der Waals surface area contributed by atoms with Crippen molar-refractivity contribution in [1.29, 1.82) is 0 Å². The fraction of sp³-hybridized carbons (Fsp3) is 0.923. The fourth-order valence-electron chi connectivity index (χ4n) is 2.33. The lowest BCUT2D eigenvalue weighted by Crippen LogP contribution is -2.54. The van der Waals surface area contributed by atoms with Crippen molar-refractivity contribution in [3.05, 3.63) is 0 Å². The molecule has 0 aromatic heterocycles. The van der Waals surface area contributed by atoms with Gasteiger partial charge in [0.25, 0.3) is 0 Å². The second kappa shape index (κ2) is 6.50. The molecule has 0 saturated carbocycles. The van der Waals surface area contributed by atoms with E-state index in [1.165, 1.54) is 0 Å². The van der Waals surface area contributed by atoms with Crippen molar-refractivity contribution in [2.24, 2.45) is 0 Å². The van der Waals surface area contributed by atoms with Gasteiger partial charge in [0.15, 0.2) is 0 Å². The van der Waals surface area contributed by atoms with E-state index in [-0.39, 0.29) is 6.04 Å². The predicted octanol–water partition coefficient (Wildman–Crippen LogP) is 0.939. The van der Waals surface area contributed by atoms with Crippen LogP contribution in [0, 0.1) is 0 Å². The van der Waals surface area contributed by atoms with Gasteiger partial charge in [0.2, 0.25) is 0 Å². The highest BCUT2D eigenvalue weighted by Gasteiger charge is 2.34. The number of nitrogens with zero attached hydrogens (tertiary/aromatic N) is 1. The average Bonchev–Trinajstić information content (AvgIpc) is 2.78. The van der Waals surface area contributed by atoms with E-state index in [1.807, 2.05) is 20.9 Å². The van der Waals surface area contributed by atoms with Gasteiger partial charge in [0.1, 0.15) is 5.54 Å². The Balaban J connectivity index is 2.48.